The number of nitrogens with two attached hydrogens (primary N) is 1. The molecule has 0 spiro atoms. The van der Waals surface area contributed by atoms with Gasteiger partial charge in [-0.15, -0.1) is 0 Å². The van der Waals surface area contributed by atoms with E-state index in [0.717, 1.165) is 24.2 Å². The fourth-order valence-electron chi connectivity index (χ4n) is 3.02. The normalized spacial score (nSPS) is 13.6. The Kier molecular flexibility index (Phi) is 5.84. The van der Waals surface area contributed by atoms with E-state index in [-0.39, 0.29) is 5.54 Å². The minimum Gasteiger partial charge on any atom is -0.358 e. The van der Waals surface area contributed by atoms with Crippen molar-refractivity contribution in [3.63, 3.8) is 0 Å². The topological polar surface area (TPSA) is 38.0 Å². The molecule has 2 rings (SSSR count). The molecular formula is C22H30N2. The Morgan fingerprint density at radius 3 is 2.33 bits per heavy atom. The zero-order chi connectivity index (χ0) is 17.7. The van der Waals surface area contributed by atoms with Gasteiger partial charge in [-0.2, -0.15) is 0 Å². The third-order valence-electron chi connectivity index (χ3n) is 4.92. The fraction of sp³-hybridized carbons (Fsp3) is 0.364. The Morgan fingerprint density at radius 1 is 1.12 bits per heavy atom. The summed E-state index contributed by atoms with van der Waals surface area (Å²) in [4.78, 5) is 0. The summed E-state index contributed by atoms with van der Waals surface area (Å²) in [7, 11) is 0. The molecule has 0 radical (unpaired) electrons. The van der Waals surface area contributed by atoms with Gasteiger partial charge < -0.3 is 11.1 Å². The maximum Gasteiger partial charge on any atom is 0.0576 e. The first-order valence-corrected chi connectivity index (χ1v) is 8.75. The molecule has 24 heavy (non-hydrogen) atoms. The highest BCUT2D eigenvalue weighted by Crippen LogP contribution is 2.27. The molecule has 0 saturated heterocycles. The number of aryl methyl sites for hydroxylation is 1. The van der Waals surface area contributed by atoms with E-state index in [1.165, 1.54) is 16.7 Å². The van der Waals surface area contributed by atoms with Gasteiger partial charge in [0.15, 0.2) is 0 Å². The summed E-state index contributed by atoms with van der Waals surface area (Å²) in [6, 6.07) is 17.2. The maximum absolute atomic E-state index is 6.52. The second-order valence-corrected chi connectivity index (χ2v) is 7.01. The quantitative estimate of drug-likeness (QED) is 0.728. The van der Waals surface area contributed by atoms with Crippen molar-refractivity contribution in [2.75, 3.05) is 5.32 Å². The monoisotopic (exact) mass is 322 g/mol. The van der Waals surface area contributed by atoms with E-state index in [1.54, 1.807) is 0 Å². The SMILES string of the molecule is C=C(Nc1ccc(Cc2cccc(C)c2)cc1)C(N)(CC)C(C)C. The van der Waals surface area contributed by atoms with E-state index in [1.807, 2.05) is 0 Å². The van der Waals surface area contributed by atoms with Crippen molar-refractivity contribution < 1.29 is 0 Å². The van der Waals surface area contributed by atoms with Crippen molar-refractivity contribution in [1.29, 1.82) is 0 Å². The first-order valence-electron chi connectivity index (χ1n) is 8.75. The number of benzene rings is 2. The van der Waals surface area contributed by atoms with E-state index in [9.17, 15) is 0 Å². The molecule has 1 atom stereocenters. The van der Waals surface area contributed by atoms with Crippen LogP contribution in [-0.2, 0) is 6.42 Å². The van der Waals surface area contributed by atoms with Crippen LogP contribution in [0.3, 0.4) is 0 Å². The molecule has 2 nitrogen and oxygen atoms in total. The molecule has 1 unspecified atom stereocenters. The molecule has 2 aromatic rings. The van der Waals surface area contributed by atoms with Gasteiger partial charge in [0.2, 0.25) is 0 Å². The van der Waals surface area contributed by atoms with Gasteiger partial charge in [-0.3, -0.25) is 0 Å². The molecule has 2 heteroatoms. The van der Waals surface area contributed by atoms with Crippen LogP contribution in [-0.4, -0.2) is 5.54 Å². The fourth-order valence-corrected chi connectivity index (χ4v) is 3.02. The van der Waals surface area contributed by atoms with Crippen LogP contribution in [0, 0.1) is 12.8 Å². The lowest BCUT2D eigenvalue weighted by atomic mass is 9.82. The zero-order valence-electron chi connectivity index (χ0n) is 15.4. The summed E-state index contributed by atoms with van der Waals surface area (Å²) in [5.41, 5.74) is 12.0. The zero-order valence-corrected chi connectivity index (χ0v) is 15.4. The van der Waals surface area contributed by atoms with Crippen LogP contribution in [0.5, 0.6) is 0 Å². The minimum atomic E-state index is -0.389. The number of hydrogen-bond donors (Lipinski definition) is 2. The van der Waals surface area contributed by atoms with Crippen LogP contribution < -0.4 is 11.1 Å². The predicted molar refractivity (Wildman–Crippen MR) is 105 cm³/mol. The Balaban J connectivity index is 2.05. The Hall–Kier alpha value is -2.06. The van der Waals surface area contributed by atoms with Gasteiger partial charge in [0, 0.05) is 11.4 Å². The highest BCUT2D eigenvalue weighted by molar-refractivity contribution is 5.51. The first kappa shape index (κ1) is 18.3. The van der Waals surface area contributed by atoms with Gasteiger partial charge >= 0.3 is 0 Å². The van der Waals surface area contributed by atoms with E-state index in [4.69, 9.17) is 5.73 Å². The lowest BCUT2D eigenvalue weighted by Gasteiger charge is -2.35. The highest BCUT2D eigenvalue weighted by atomic mass is 15.0. The van der Waals surface area contributed by atoms with Crippen LogP contribution in [0.1, 0.15) is 43.9 Å². The Labute approximate surface area is 146 Å². The molecule has 128 valence electrons. The summed E-state index contributed by atoms with van der Waals surface area (Å²) in [6.07, 6.45) is 1.81. The molecule has 0 aliphatic rings. The van der Waals surface area contributed by atoms with E-state index in [0.29, 0.717) is 5.92 Å². The summed E-state index contributed by atoms with van der Waals surface area (Å²) in [6.45, 7) is 12.7. The van der Waals surface area contributed by atoms with Crippen molar-refractivity contribution in [3.8, 4) is 0 Å². The molecule has 0 heterocycles. The second kappa shape index (κ2) is 7.67. The number of hydrogen-bond acceptors (Lipinski definition) is 2. The van der Waals surface area contributed by atoms with Gasteiger partial charge in [-0.1, -0.05) is 69.3 Å². The van der Waals surface area contributed by atoms with Crippen LogP contribution in [0.15, 0.2) is 60.8 Å². The molecule has 3 N–H and O–H groups in total. The lowest BCUT2D eigenvalue weighted by Crippen LogP contribution is -2.48. The lowest BCUT2D eigenvalue weighted by molar-refractivity contribution is 0.355. The van der Waals surface area contributed by atoms with Gasteiger partial charge in [-0.05, 0) is 48.9 Å². The van der Waals surface area contributed by atoms with Gasteiger partial charge in [0.25, 0.3) is 0 Å². The third kappa shape index (κ3) is 4.27. The van der Waals surface area contributed by atoms with Gasteiger partial charge in [-0.25, -0.2) is 0 Å². The number of rotatable bonds is 7. The van der Waals surface area contributed by atoms with E-state index < -0.39 is 0 Å². The number of nitrogens with one attached hydrogen (secondary N) is 1. The molecule has 0 aliphatic heterocycles. The van der Waals surface area contributed by atoms with Crippen LogP contribution >= 0.6 is 0 Å². The molecule has 0 fully saturated rings. The maximum atomic E-state index is 6.52. The highest BCUT2D eigenvalue weighted by Gasteiger charge is 2.30. The Bertz CT molecular complexity index is 685. The average molecular weight is 322 g/mol. The van der Waals surface area contributed by atoms with Gasteiger partial charge in [0.1, 0.15) is 0 Å². The van der Waals surface area contributed by atoms with Crippen molar-refractivity contribution in [3.05, 3.63) is 77.5 Å². The van der Waals surface area contributed by atoms with Crippen molar-refractivity contribution in [1.82, 2.24) is 0 Å². The first-order chi connectivity index (χ1) is 11.3. The van der Waals surface area contributed by atoms with E-state index in [2.05, 4.69) is 88.1 Å². The summed E-state index contributed by atoms with van der Waals surface area (Å²) >= 11 is 0. The van der Waals surface area contributed by atoms with Crippen molar-refractivity contribution in [2.24, 2.45) is 11.7 Å². The molecule has 2 aromatic carbocycles. The third-order valence-corrected chi connectivity index (χ3v) is 4.92. The summed E-state index contributed by atoms with van der Waals surface area (Å²) in [5.74, 6) is 0.336. The smallest absolute Gasteiger partial charge is 0.0576 e. The Morgan fingerprint density at radius 2 is 1.79 bits per heavy atom. The molecule has 0 aromatic heterocycles. The molecular weight excluding hydrogens is 292 g/mol. The minimum absolute atomic E-state index is 0.336. The molecule has 0 aliphatic carbocycles. The second-order valence-electron chi connectivity index (χ2n) is 7.01. The van der Waals surface area contributed by atoms with Crippen molar-refractivity contribution in [2.45, 2.75) is 46.1 Å². The largest absolute Gasteiger partial charge is 0.358 e. The van der Waals surface area contributed by atoms with Crippen LogP contribution in [0.25, 0.3) is 0 Å². The number of anilines is 1. The van der Waals surface area contributed by atoms with Gasteiger partial charge in [0.05, 0.1) is 5.54 Å². The van der Waals surface area contributed by atoms with Crippen LogP contribution in [0.4, 0.5) is 5.69 Å². The van der Waals surface area contributed by atoms with E-state index >= 15 is 0 Å². The molecule has 0 saturated carbocycles. The van der Waals surface area contributed by atoms with Crippen LogP contribution in [0.2, 0.25) is 0 Å². The average Bonchev–Trinajstić information content (AvgIpc) is 2.55. The van der Waals surface area contributed by atoms with Crippen molar-refractivity contribution >= 4 is 5.69 Å². The molecule has 0 amide bonds. The molecule has 0 bridgehead atoms. The predicted octanol–water partition coefficient (Wildman–Crippen LogP) is 5.27. The standard InChI is InChI=1S/C22H30N2/c1-6-22(23,16(2)3)18(5)24-21-12-10-19(11-13-21)15-20-9-7-8-17(4)14-20/h7-14,16,24H,5-6,15,23H2,1-4H3. The summed E-state index contributed by atoms with van der Waals surface area (Å²) < 4.78 is 0. The summed E-state index contributed by atoms with van der Waals surface area (Å²) in [5, 5.41) is 3.40.